The van der Waals surface area contributed by atoms with Crippen molar-refractivity contribution in [2.45, 2.75) is 49.8 Å². The molecule has 0 bridgehead atoms. The summed E-state index contributed by atoms with van der Waals surface area (Å²) in [6.07, 6.45) is 2.96. The van der Waals surface area contributed by atoms with Gasteiger partial charge < -0.3 is 11.1 Å². The molecular formula is C20H28N4O2S2. The van der Waals surface area contributed by atoms with Gasteiger partial charge in [0.25, 0.3) is 10.0 Å². The summed E-state index contributed by atoms with van der Waals surface area (Å²) in [7, 11) is -3.38. The minimum absolute atomic E-state index is 0.315. The van der Waals surface area contributed by atoms with Crippen LogP contribution < -0.4 is 11.1 Å². The summed E-state index contributed by atoms with van der Waals surface area (Å²) in [4.78, 5) is 5.23. The van der Waals surface area contributed by atoms with E-state index in [0.717, 1.165) is 29.8 Å². The number of nitrogens with zero attached hydrogens (tertiary/aromatic N) is 2. The highest BCUT2D eigenvalue weighted by Crippen LogP contribution is 2.27. The fourth-order valence-electron chi connectivity index (χ4n) is 3.14. The van der Waals surface area contributed by atoms with Gasteiger partial charge in [-0.2, -0.15) is 4.31 Å². The number of nitrogens with two attached hydrogens (primary N) is 1. The number of aliphatic imine (C=N–C) groups is 1. The number of piperidine rings is 1. The molecule has 0 saturated carbocycles. The fraction of sp³-hybridized carbons (Fsp3) is 0.450. The standard InChI is InChI=1S/C20H28N4O2S2/c1-15(2)16-7-6-8-17(13-16)23-20(21)22-14-18-9-10-19(27-18)28(25,26)24-11-4-3-5-12-24/h6-10,13,15H,3-5,11-12,14H2,1-2H3,(H3,21,22,23). The van der Waals surface area contributed by atoms with Crippen molar-refractivity contribution in [3.63, 3.8) is 0 Å². The summed E-state index contributed by atoms with van der Waals surface area (Å²) < 4.78 is 27.4. The fourth-order valence-corrected chi connectivity index (χ4v) is 6.09. The molecule has 0 radical (unpaired) electrons. The summed E-state index contributed by atoms with van der Waals surface area (Å²) in [5.41, 5.74) is 8.13. The average molecular weight is 421 g/mol. The highest BCUT2D eigenvalue weighted by atomic mass is 32.2. The van der Waals surface area contributed by atoms with Crippen molar-refractivity contribution in [2.75, 3.05) is 18.4 Å². The number of hydrogen-bond acceptors (Lipinski definition) is 4. The summed E-state index contributed by atoms with van der Waals surface area (Å²) in [5.74, 6) is 0.751. The van der Waals surface area contributed by atoms with Crippen molar-refractivity contribution in [1.29, 1.82) is 0 Å². The number of anilines is 1. The maximum Gasteiger partial charge on any atom is 0.252 e. The molecule has 0 spiro atoms. The van der Waals surface area contributed by atoms with Gasteiger partial charge in [0.1, 0.15) is 4.21 Å². The van der Waals surface area contributed by atoms with Crippen LogP contribution in [0.2, 0.25) is 0 Å². The Kier molecular flexibility index (Phi) is 6.74. The maximum atomic E-state index is 12.7. The summed E-state index contributed by atoms with van der Waals surface area (Å²) >= 11 is 1.27. The first kappa shape index (κ1) is 20.8. The zero-order chi connectivity index (χ0) is 20.1. The molecule has 1 aromatic carbocycles. The molecule has 2 heterocycles. The van der Waals surface area contributed by atoms with Gasteiger partial charge in [-0.05, 0) is 48.6 Å². The van der Waals surface area contributed by atoms with Gasteiger partial charge in [0.15, 0.2) is 5.96 Å². The molecule has 2 aromatic rings. The zero-order valence-electron chi connectivity index (χ0n) is 16.4. The van der Waals surface area contributed by atoms with Gasteiger partial charge >= 0.3 is 0 Å². The minimum Gasteiger partial charge on any atom is -0.370 e. The van der Waals surface area contributed by atoms with E-state index in [-0.39, 0.29) is 0 Å². The molecule has 1 fully saturated rings. The number of hydrogen-bond donors (Lipinski definition) is 2. The third kappa shape index (κ3) is 5.12. The summed E-state index contributed by atoms with van der Waals surface area (Å²) in [5, 5.41) is 3.10. The molecule has 152 valence electrons. The van der Waals surface area contributed by atoms with Crippen molar-refractivity contribution in [3.05, 3.63) is 46.8 Å². The van der Waals surface area contributed by atoms with E-state index < -0.39 is 10.0 Å². The molecule has 1 aliphatic heterocycles. The van der Waals surface area contributed by atoms with Crippen LogP contribution in [0, 0.1) is 0 Å². The largest absolute Gasteiger partial charge is 0.370 e. The van der Waals surface area contributed by atoms with Crippen LogP contribution in [0.5, 0.6) is 0 Å². The molecule has 1 aliphatic rings. The molecule has 0 aliphatic carbocycles. The lowest BCUT2D eigenvalue weighted by Crippen LogP contribution is -2.35. The second-order valence-corrected chi connectivity index (χ2v) is 10.6. The SMILES string of the molecule is CC(C)c1cccc(NC(N)=NCc2ccc(S(=O)(=O)N3CCCCC3)s2)c1. The number of guanidine groups is 1. The molecule has 0 unspecified atom stereocenters. The van der Waals surface area contributed by atoms with Gasteiger partial charge in [-0.1, -0.05) is 32.4 Å². The van der Waals surface area contributed by atoms with Crippen molar-refractivity contribution in [1.82, 2.24) is 4.31 Å². The number of nitrogens with one attached hydrogen (secondary N) is 1. The first-order valence-electron chi connectivity index (χ1n) is 9.62. The van der Waals surface area contributed by atoms with E-state index in [9.17, 15) is 8.42 Å². The Labute approximate surface area is 171 Å². The lowest BCUT2D eigenvalue weighted by Gasteiger charge is -2.25. The van der Waals surface area contributed by atoms with Crippen LogP contribution in [0.4, 0.5) is 5.69 Å². The Bertz CT molecular complexity index is 929. The molecule has 3 N–H and O–H groups in total. The van der Waals surface area contributed by atoms with Crippen molar-refractivity contribution >= 4 is 33.0 Å². The number of sulfonamides is 1. The first-order chi connectivity index (χ1) is 13.4. The molecule has 3 rings (SSSR count). The predicted octanol–water partition coefficient (Wildman–Crippen LogP) is 3.97. The first-order valence-corrected chi connectivity index (χ1v) is 11.9. The molecule has 1 aromatic heterocycles. The third-order valence-electron chi connectivity index (χ3n) is 4.78. The van der Waals surface area contributed by atoms with Crippen LogP contribution in [0.1, 0.15) is 49.5 Å². The molecular weight excluding hydrogens is 392 g/mol. The third-order valence-corrected chi connectivity index (χ3v) is 8.21. The molecule has 6 nitrogen and oxygen atoms in total. The van der Waals surface area contributed by atoms with Gasteiger partial charge in [-0.25, -0.2) is 13.4 Å². The normalized spacial score (nSPS) is 16.5. The monoisotopic (exact) mass is 420 g/mol. The second-order valence-electron chi connectivity index (χ2n) is 7.29. The van der Waals surface area contributed by atoms with E-state index in [0.29, 0.717) is 35.7 Å². The number of rotatable bonds is 6. The number of benzene rings is 1. The van der Waals surface area contributed by atoms with E-state index in [1.807, 2.05) is 18.2 Å². The van der Waals surface area contributed by atoms with Crippen LogP contribution in [-0.4, -0.2) is 31.8 Å². The smallest absolute Gasteiger partial charge is 0.252 e. The minimum atomic E-state index is -3.38. The Hall–Kier alpha value is -1.90. The Balaban J connectivity index is 1.64. The van der Waals surface area contributed by atoms with Crippen LogP contribution in [0.25, 0.3) is 0 Å². The highest BCUT2D eigenvalue weighted by Gasteiger charge is 2.27. The quantitative estimate of drug-likeness (QED) is 0.547. The van der Waals surface area contributed by atoms with Crippen molar-refractivity contribution in [3.8, 4) is 0 Å². The van der Waals surface area contributed by atoms with Crippen LogP contribution >= 0.6 is 11.3 Å². The average Bonchev–Trinajstić information content (AvgIpc) is 3.17. The van der Waals surface area contributed by atoms with E-state index in [1.54, 1.807) is 10.4 Å². The molecule has 0 amide bonds. The van der Waals surface area contributed by atoms with E-state index in [2.05, 4.69) is 36.3 Å². The molecule has 28 heavy (non-hydrogen) atoms. The van der Waals surface area contributed by atoms with Gasteiger partial charge in [-0.15, -0.1) is 11.3 Å². The lowest BCUT2D eigenvalue weighted by atomic mass is 10.0. The van der Waals surface area contributed by atoms with Crippen molar-refractivity contribution < 1.29 is 8.42 Å². The Morgan fingerprint density at radius 2 is 1.96 bits per heavy atom. The van der Waals surface area contributed by atoms with Crippen molar-refractivity contribution in [2.24, 2.45) is 10.7 Å². The summed E-state index contributed by atoms with van der Waals surface area (Å²) in [6.45, 7) is 5.86. The van der Waals surface area contributed by atoms with Crippen LogP contribution in [0.3, 0.4) is 0 Å². The highest BCUT2D eigenvalue weighted by molar-refractivity contribution is 7.91. The van der Waals surface area contributed by atoms with E-state index >= 15 is 0 Å². The lowest BCUT2D eigenvalue weighted by molar-refractivity contribution is 0.347. The number of thiophene rings is 1. The Morgan fingerprint density at radius 3 is 2.68 bits per heavy atom. The van der Waals surface area contributed by atoms with Gasteiger partial charge in [0.05, 0.1) is 6.54 Å². The topological polar surface area (TPSA) is 87.8 Å². The maximum absolute atomic E-state index is 12.7. The molecule has 0 atom stereocenters. The summed E-state index contributed by atoms with van der Waals surface area (Å²) in [6, 6.07) is 11.6. The predicted molar refractivity (Wildman–Crippen MR) is 116 cm³/mol. The van der Waals surface area contributed by atoms with Crippen LogP contribution in [-0.2, 0) is 16.6 Å². The molecule has 1 saturated heterocycles. The van der Waals surface area contributed by atoms with Gasteiger partial charge in [0.2, 0.25) is 0 Å². The molecule has 8 heteroatoms. The van der Waals surface area contributed by atoms with Gasteiger partial charge in [0, 0.05) is 23.7 Å². The van der Waals surface area contributed by atoms with E-state index in [1.165, 1.54) is 16.9 Å². The second kappa shape index (κ2) is 9.07. The Morgan fingerprint density at radius 1 is 1.21 bits per heavy atom. The van der Waals surface area contributed by atoms with Gasteiger partial charge in [-0.3, -0.25) is 0 Å². The van der Waals surface area contributed by atoms with Crippen LogP contribution in [0.15, 0.2) is 45.6 Å². The van der Waals surface area contributed by atoms with E-state index in [4.69, 9.17) is 5.73 Å². The zero-order valence-corrected chi connectivity index (χ0v) is 18.0.